The topological polar surface area (TPSA) is 70.7 Å². The van der Waals surface area contributed by atoms with Gasteiger partial charge in [0.2, 0.25) is 11.8 Å². The average Bonchev–Trinajstić information content (AvgIpc) is 2.85. The Kier molecular flexibility index (Phi) is 9.26. The summed E-state index contributed by atoms with van der Waals surface area (Å²) in [7, 11) is 1.66. The third-order valence-electron chi connectivity index (χ3n) is 6.20. The molecule has 6 heteroatoms. The zero-order valence-corrected chi connectivity index (χ0v) is 19.1. The van der Waals surface area contributed by atoms with Gasteiger partial charge in [0.05, 0.1) is 12.1 Å². The molecule has 1 fully saturated rings. The minimum absolute atomic E-state index is 0.00479. The van der Waals surface area contributed by atoms with E-state index in [4.69, 9.17) is 4.74 Å². The Morgan fingerprint density at radius 3 is 2.09 bits per heavy atom. The number of carbonyl (C=O) groups is 2. The van der Waals surface area contributed by atoms with Crippen molar-refractivity contribution in [2.45, 2.75) is 38.3 Å². The first-order valence-electron chi connectivity index (χ1n) is 11.5. The molecule has 1 heterocycles. The summed E-state index contributed by atoms with van der Waals surface area (Å²) in [5.41, 5.74) is 2.12. The number of amides is 2. The van der Waals surface area contributed by atoms with Crippen molar-refractivity contribution in [3.63, 3.8) is 0 Å². The van der Waals surface area contributed by atoms with Crippen LogP contribution in [0, 0.1) is 5.92 Å². The second-order valence-electron chi connectivity index (χ2n) is 8.39. The van der Waals surface area contributed by atoms with Gasteiger partial charge in [-0.1, -0.05) is 60.7 Å². The second-order valence-corrected chi connectivity index (χ2v) is 8.39. The highest BCUT2D eigenvalue weighted by Crippen LogP contribution is 2.23. The standard InChI is InChI=1S/C26H35N3O3/c1-20(29-17-14-23(15-18-29)26(31)27-16-9-19-32-2)25(30)28-24(21-10-5-3-6-11-21)22-12-7-4-8-13-22/h3-8,10-13,20,23-24H,9,14-19H2,1-2H3,(H,27,31)(H,28,30). The summed E-state index contributed by atoms with van der Waals surface area (Å²) < 4.78 is 5.02. The molecule has 2 aromatic rings. The molecule has 32 heavy (non-hydrogen) atoms. The number of piperidine rings is 1. The Morgan fingerprint density at radius 1 is 1.00 bits per heavy atom. The maximum atomic E-state index is 13.2. The molecule has 2 N–H and O–H groups in total. The van der Waals surface area contributed by atoms with E-state index >= 15 is 0 Å². The molecule has 172 valence electrons. The van der Waals surface area contributed by atoms with Gasteiger partial charge in [-0.05, 0) is 50.4 Å². The van der Waals surface area contributed by atoms with Crippen LogP contribution in [-0.2, 0) is 14.3 Å². The third-order valence-corrected chi connectivity index (χ3v) is 6.20. The number of benzene rings is 2. The van der Waals surface area contributed by atoms with Crippen LogP contribution in [-0.4, -0.2) is 56.1 Å². The molecular formula is C26H35N3O3. The predicted octanol–water partition coefficient (Wildman–Crippen LogP) is 3.15. The fraction of sp³-hybridized carbons (Fsp3) is 0.462. The molecule has 1 atom stereocenters. The number of methoxy groups -OCH3 is 1. The highest BCUT2D eigenvalue weighted by Gasteiger charge is 2.30. The lowest BCUT2D eigenvalue weighted by atomic mass is 9.94. The first-order chi connectivity index (χ1) is 15.6. The Labute approximate surface area is 191 Å². The van der Waals surface area contributed by atoms with Crippen molar-refractivity contribution in [2.75, 3.05) is 33.4 Å². The number of rotatable bonds is 10. The van der Waals surface area contributed by atoms with Gasteiger partial charge in [0.1, 0.15) is 0 Å². The van der Waals surface area contributed by atoms with E-state index in [9.17, 15) is 9.59 Å². The maximum absolute atomic E-state index is 13.2. The molecule has 1 unspecified atom stereocenters. The fourth-order valence-corrected chi connectivity index (χ4v) is 4.20. The molecule has 0 spiro atoms. The van der Waals surface area contributed by atoms with Crippen molar-refractivity contribution in [2.24, 2.45) is 5.92 Å². The minimum Gasteiger partial charge on any atom is -0.385 e. The van der Waals surface area contributed by atoms with E-state index in [0.29, 0.717) is 13.2 Å². The zero-order valence-electron chi connectivity index (χ0n) is 19.1. The average molecular weight is 438 g/mol. The molecule has 2 amide bonds. The van der Waals surface area contributed by atoms with Gasteiger partial charge in [-0.3, -0.25) is 14.5 Å². The quantitative estimate of drug-likeness (QED) is 0.560. The SMILES string of the molecule is COCCCNC(=O)C1CCN(C(C)C(=O)NC(c2ccccc2)c2ccccc2)CC1. The van der Waals surface area contributed by atoms with E-state index in [1.165, 1.54) is 0 Å². The summed E-state index contributed by atoms with van der Waals surface area (Å²) in [6.45, 7) is 4.73. The van der Waals surface area contributed by atoms with Gasteiger partial charge in [0.15, 0.2) is 0 Å². The van der Waals surface area contributed by atoms with Crippen LogP contribution in [0.25, 0.3) is 0 Å². The molecule has 0 aliphatic carbocycles. The number of hydrogen-bond donors (Lipinski definition) is 2. The Bertz CT molecular complexity index is 796. The van der Waals surface area contributed by atoms with Gasteiger partial charge < -0.3 is 15.4 Å². The summed E-state index contributed by atoms with van der Waals surface area (Å²) in [5.74, 6) is 0.140. The van der Waals surface area contributed by atoms with Crippen LogP contribution in [0.3, 0.4) is 0 Å². The van der Waals surface area contributed by atoms with E-state index in [0.717, 1.165) is 43.5 Å². The molecule has 1 saturated heterocycles. The van der Waals surface area contributed by atoms with Crippen LogP contribution >= 0.6 is 0 Å². The van der Waals surface area contributed by atoms with E-state index in [1.807, 2.05) is 67.6 Å². The van der Waals surface area contributed by atoms with Gasteiger partial charge >= 0.3 is 0 Å². The molecule has 0 saturated carbocycles. The molecule has 3 rings (SSSR count). The van der Waals surface area contributed by atoms with Gasteiger partial charge in [0.25, 0.3) is 0 Å². The molecule has 6 nitrogen and oxygen atoms in total. The van der Waals surface area contributed by atoms with Crippen molar-refractivity contribution in [3.8, 4) is 0 Å². The van der Waals surface area contributed by atoms with Gasteiger partial charge in [-0.15, -0.1) is 0 Å². The summed E-state index contributed by atoms with van der Waals surface area (Å²) in [6.07, 6.45) is 2.37. The van der Waals surface area contributed by atoms with Gasteiger partial charge in [-0.25, -0.2) is 0 Å². The highest BCUT2D eigenvalue weighted by atomic mass is 16.5. The Balaban J connectivity index is 1.55. The largest absolute Gasteiger partial charge is 0.385 e. The molecule has 0 radical (unpaired) electrons. The molecule has 1 aliphatic heterocycles. The summed E-state index contributed by atoms with van der Waals surface area (Å²) >= 11 is 0. The van der Waals surface area contributed by atoms with Crippen LogP contribution in [0.4, 0.5) is 0 Å². The molecule has 1 aliphatic rings. The number of ether oxygens (including phenoxy) is 1. The predicted molar refractivity (Wildman–Crippen MR) is 126 cm³/mol. The lowest BCUT2D eigenvalue weighted by Gasteiger charge is -2.35. The lowest BCUT2D eigenvalue weighted by molar-refractivity contribution is -0.128. The third kappa shape index (κ3) is 6.65. The molecular weight excluding hydrogens is 402 g/mol. The number of nitrogens with one attached hydrogen (secondary N) is 2. The zero-order chi connectivity index (χ0) is 22.8. The van der Waals surface area contributed by atoms with Crippen molar-refractivity contribution >= 4 is 11.8 Å². The number of likely N-dealkylation sites (tertiary alicyclic amines) is 1. The fourth-order valence-electron chi connectivity index (χ4n) is 4.20. The molecule has 0 aromatic heterocycles. The van der Waals surface area contributed by atoms with E-state index in [2.05, 4.69) is 15.5 Å². The monoisotopic (exact) mass is 437 g/mol. The summed E-state index contributed by atoms with van der Waals surface area (Å²) in [4.78, 5) is 27.7. The number of nitrogens with zero attached hydrogens (tertiary/aromatic N) is 1. The molecule has 2 aromatic carbocycles. The first kappa shape index (κ1) is 24.0. The van der Waals surface area contributed by atoms with Crippen LogP contribution in [0.15, 0.2) is 60.7 Å². The van der Waals surface area contributed by atoms with E-state index < -0.39 is 0 Å². The van der Waals surface area contributed by atoms with Crippen molar-refractivity contribution < 1.29 is 14.3 Å². The molecule has 0 bridgehead atoms. The normalized spacial score (nSPS) is 16.0. The summed E-state index contributed by atoms with van der Waals surface area (Å²) in [5, 5.41) is 6.25. The van der Waals surface area contributed by atoms with Crippen LogP contribution in [0.5, 0.6) is 0 Å². The van der Waals surface area contributed by atoms with Crippen LogP contribution in [0.2, 0.25) is 0 Å². The second kappa shape index (κ2) is 12.4. The highest BCUT2D eigenvalue weighted by molar-refractivity contribution is 5.82. The van der Waals surface area contributed by atoms with E-state index in [1.54, 1.807) is 7.11 Å². The van der Waals surface area contributed by atoms with Crippen molar-refractivity contribution in [1.29, 1.82) is 0 Å². The maximum Gasteiger partial charge on any atom is 0.237 e. The first-order valence-corrected chi connectivity index (χ1v) is 11.5. The smallest absolute Gasteiger partial charge is 0.237 e. The van der Waals surface area contributed by atoms with Gasteiger partial charge in [-0.2, -0.15) is 0 Å². The van der Waals surface area contributed by atoms with Crippen LogP contribution in [0.1, 0.15) is 43.4 Å². The lowest BCUT2D eigenvalue weighted by Crippen LogP contribution is -2.50. The Morgan fingerprint density at radius 2 is 1.56 bits per heavy atom. The van der Waals surface area contributed by atoms with E-state index in [-0.39, 0.29) is 29.8 Å². The summed E-state index contributed by atoms with van der Waals surface area (Å²) in [6, 6.07) is 19.6. The van der Waals surface area contributed by atoms with Crippen LogP contribution < -0.4 is 10.6 Å². The number of hydrogen-bond acceptors (Lipinski definition) is 4. The van der Waals surface area contributed by atoms with Gasteiger partial charge in [0, 0.05) is 26.2 Å². The number of carbonyl (C=O) groups excluding carboxylic acids is 2. The Hall–Kier alpha value is -2.70. The van der Waals surface area contributed by atoms with Crippen molar-refractivity contribution in [1.82, 2.24) is 15.5 Å². The van der Waals surface area contributed by atoms with Crippen molar-refractivity contribution in [3.05, 3.63) is 71.8 Å². The minimum atomic E-state index is -0.254.